The molecule has 186 valence electrons. The zero-order chi connectivity index (χ0) is 25.4. The Balaban J connectivity index is 0.000000623. The van der Waals surface area contributed by atoms with Crippen LogP contribution in [-0.2, 0) is 9.59 Å². The summed E-state index contributed by atoms with van der Waals surface area (Å²) in [6, 6.07) is 17.5. The van der Waals surface area contributed by atoms with Crippen LogP contribution in [0.25, 0.3) is 21.9 Å². The molecule has 2 heterocycles. The molecule has 0 spiro atoms. The number of carbonyl (C=O) groups excluding carboxylic acids is 1. The van der Waals surface area contributed by atoms with Crippen LogP contribution in [0, 0.1) is 6.92 Å². The number of carbonyl (C=O) groups is 2. The van der Waals surface area contributed by atoms with E-state index in [0.29, 0.717) is 12.6 Å². The number of benzene rings is 3. The van der Waals surface area contributed by atoms with Gasteiger partial charge in [0.2, 0.25) is 0 Å². The number of aliphatic carboxylic acids is 1. The van der Waals surface area contributed by atoms with E-state index < -0.39 is 5.97 Å². The molecule has 3 aromatic carbocycles. The van der Waals surface area contributed by atoms with E-state index in [9.17, 15) is 4.79 Å². The summed E-state index contributed by atoms with van der Waals surface area (Å²) in [7, 11) is 0. The second-order valence-electron chi connectivity index (χ2n) is 9.56. The first-order valence-electron chi connectivity index (χ1n) is 12.2. The van der Waals surface area contributed by atoms with E-state index in [1.54, 1.807) is 0 Å². The van der Waals surface area contributed by atoms with Gasteiger partial charge in [0.15, 0.2) is 5.84 Å². The minimum absolute atomic E-state index is 0.107. The Hall–Kier alpha value is -4.07. The molecular weight excluding hydrogens is 456 g/mol. The summed E-state index contributed by atoms with van der Waals surface area (Å²) in [6.45, 7) is 5.44. The highest BCUT2D eigenvalue weighted by Crippen LogP contribution is 2.44. The summed E-state index contributed by atoms with van der Waals surface area (Å²) in [5.41, 5.74) is 8.09. The van der Waals surface area contributed by atoms with Crippen molar-refractivity contribution in [3.8, 4) is 16.9 Å². The minimum Gasteiger partial charge on any atom is -0.483 e. The molecule has 0 saturated heterocycles. The maximum Gasteiger partial charge on any atom is 0.300 e. The maximum atomic E-state index is 12.3. The van der Waals surface area contributed by atoms with E-state index in [1.807, 2.05) is 11.8 Å². The highest BCUT2D eigenvalue weighted by Gasteiger charge is 2.36. The molecule has 8 heteroatoms. The predicted octanol–water partition coefficient (Wildman–Crippen LogP) is 4.90. The van der Waals surface area contributed by atoms with Crippen molar-refractivity contribution in [3.63, 3.8) is 0 Å². The fourth-order valence-electron chi connectivity index (χ4n) is 4.74. The first kappa shape index (κ1) is 23.7. The third kappa shape index (κ3) is 4.58. The first-order valence-corrected chi connectivity index (χ1v) is 12.2. The molecule has 1 aliphatic carbocycles. The lowest BCUT2D eigenvalue weighted by Crippen LogP contribution is -2.55. The molecular formula is C28H30N4O4. The molecule has 1 atom stereocenters. The molecule has 0 aromatic heterocycles. The van der Waals surface area contributed by atoms with E-state index in [2.05, 4.69) is 71.3 Å². The number of amidine groups is 1. The third-order valence-electron chi connectivity index (χ3n) is 6.83. The zero-order valence-corrected chi connectivity index (χ0v) is 20.7. The number of hydrazone groups is 1. The van der Waals surface area contributed by atoms with Gasteiger partial charge in [0, 0.05) is 24.2 Å². The van der Waals surface area contributed by atoms with E-state index in [-0.39, 0.29) is 11.9 Å². The number of rotatable bonds is 3. The van der Waals surface area contributed by atoms with Gasteiger partial charge in [-0.05, 0) is 67.6 Å². The van der Waals surface area contributed by atoms with Gasteiger partial charge in [0.05, 0.1) is 5.69 Å². The molecule has 8 nitrogen and oxygen atoms in total. The Labute approximate surface area is 209 Å². The molecule has 3 aliphatic rings. The van der Waals surface area contributed by atoms with Crippen LogP contribution in [0.1, 0.15) is 38.7 Å². The molecule has 6 rings (SSSR count). The van der Waals surface area contributed by atoms with Crippen LogP contribution in [0.2, 0.25) is 0 Å². The number of fused-ring (bicyclic) bond motifs is 4. The van der Waals surface area contributed by atoms with Gasteiger partial charge >= 0.3 is 0 Å². The number of ether oxygens (including phenoxy) is 1. The van der Waals surface area contributed by atoms with Gasteiger partial charge in [-0.1, -0.05) is 35.9 Å². The Morgan fingerprint density at radius 1 is 1.14 bits per heavy atom. The number of anilines is 2. The number of amides is 1. The molecule has 1 amide bonds. The first-order chi connectivity index (χ1) is 17.3. The average molecular weight is 487 g/mol. The summed E-state index contributed by atoms with van der Waals surface area (Å²) < 4.78 is 6.09. The number of aryl methyl sites for hydroxylation is 1. The fourth-order valence-corrected chi connectivity index (χ4v) is 4.74. The molecule has 1 fully saturated rings. The number of hydrogen-bond donors (Lipinski definition) is 3. The van der Waals surface area contributed by atoms with Crippen LogP contribution in [-0.4, -0.2) is 41.5 Å². The monoisotopic (exact) mass is 486 g/mol. The van der Waals surface area contributed by atoms with E-state index in [1.165, 1.54) is 35.6 Å². The number of hydrogen-bond acceptors (Lipinski definition) is 6. The van der Waals surface area contributed by atoms with Crippen LogP contribution in [0.3, 0.4) is 0 Å². The van der Waals surface area contributed by atoms with Crippen LogP contribution < -0.4 is 20.4 Å². The largest absolute Gasteiger partial charge is 0.483 e. The highest BCUT2D eigenvalue weighted by atomic mass is 16.5. The second-order valence-corrected chi connectivity index (χ2v) is 9.56. The highest BCUT2D eigenvalue weighted by molar-refractivity contribution is 6.10. The van der Waals surface area contributed by atoms with Crippen LogP contribution in [0.5, 0.6) is 5.75 Å². The lowest BCUT2D eigenvalue weighted by molar-refractivity contribution is -0.134. The van der Waals surface area contributed by atoms with Crippen molar-refractivity contribution < 1.29 is 19.4 Å². The van der Waals surface area contributed by atoms with Gasteiger partial charge in [-0.3, -0.25) is 9.59 Å². The average Bonchev–Trinajstić information content (AvgIpc) is 2.82. The van der Waals surface area contributed by atoms with Crippen molar-refractivity contribution in [2.75, 3.05) is 16.8 Å². The van der Waals surface area contributed by atoms with Crippen molar-refractivity contribution in [1.82, 2.24) is 5.43 Å². The van der Waals surface area contributed by atoms with Crippen molar-refractivity contribution in [1.29, 1.82) is 0 Å². The maximum absolute atomic E-state index is 12.3. The molecule has 36 heavy (non-hydrogen) atoms. The van der Waals surface area contributed by atoms with Crippen molar-refractivity contribution in [3.05, 3.63) is 54.1 Å². The van der Waals surface area contributed by atoms with Crippen molar-refractivity contribution in [2.45, 2.75) is 52.1 Å². The molecule has 0 radical (unpaired) electrons. The number of carboxylic acid groups (broad SMARTS) is 1. The zero-order valence-electron chi connectivity index (χ0n) is 20.7. The van der Waals surface area contributed by atoms with Crippen LogP contribution in [0.4, 0.5) is 11.4 Å². The van der Waals surface area contributed by atoms with Crippen molar-refractivity contribution >= 4 is 39.9 Å². The number of carboxylic acids is 1. The van der Waals surface area contributed by atoms with Gasteiger partial charge in [-0.15, -0.1) is 0 Å². The van der Waals surface area contributed by atoms with E-state index >= 15 is 0 Å². The molecule has 2 aliphatic heterocycles. The van der Waals surface area contributed by atoms with Crippen LogP contribution >= 0.6 is 0 Å². The van der Waals surface area contributed by atoms with Gasteiger partial charge in [0.25, 0.3) is 11.9 Å². The summed E-state index contributed by atoms with van der Waals surface area (Å²) in [5, 5.41) is 17.8. The lowest BCUT2D eigenvalue weighted by atomic mass is 9.91. The summed E-state index contributed by atoms with van der Waals surface area (Å²) >= 11 is 0. The standard InChI is InChI=1S/C26H26N4O2.C2H4O2/c1-15-6-7-18-11-19(9-8-17(18)10-15)21-12-24-23(13-22(21)27-20-4-3-5-20)30-16(2)26(31)29-28-25(30)14-32-24;1-2(3)4/h6-13,16,20,27H,3-5,14H2,1-2H3,(H,29,31);1H3,(H,3,4). The molecule has 0 bridgehead atoms. The lowest BCUT2D eigenvalue weighted by Gasteiger charge is -2.39. The topological polar surface area (TPSA) is 103 Å². The van der Waals surface area contributed by atoms with Gasteiger partial charge in [-0.2, -0.15) is 5.10 Å². The Morgan fingerprint density at radius 3 is 2.58 bits per heavy atom. The Bertz CT molecular complexity index is 1380. The van der Waals surface area contributed by atoms with Crippen LogP contribution in [0.15, 0.2) is 53.6 Å². The van der Waals surface area contributed by atoms with Gasteiger partial charge in [0.1, 0.15) is 18.4 Å². The van der Waals surface area contributed by atoms with E-state index in [4.69, 9.17) is 14.6 Å². The summed E-state index contributed by atoms with van der Waals surface area (Å²) in [4.78, 5) is 23.3. The van der Waals surface area contributed by atoms with Gasteiger partial charge in [-0.25, -0.2) is 5.43 Å². The quantitative estimate of drug-likeness (QED) is 0.487. The third-order valence-corrected chi connectivity index (χ3v) is 6.83. The van der Waals surface area contributed by atoms with Gasteiger partial charge < -0.3 is 20.1 Å². The molecule has 3 N–H and O–H groups in total. The molecule has 1 unspecified atom stereocenters. The predicted molar refractivity (Wildman–Crippen MR) is 142 cm³/mol. The second kappa shape index (κ2) is 9.53. The SMILES string of the molecule is CC(=O)O.Cc1ccc2cc(-c3cc4c(cc3NC3CCC3)N3C(=NNC(=O)C3C)CO4)ccc2c1. The number of nitrogens with zero attached hydrogens (tertiary/aromatic N) is 2. The molecule has 1 saturated carbocycles. The minimum atomic E-state index is -0.833. The summed E-state index contributed by atoms with van der Waals surface area (Å²) in [6.07, 6.45) is 3.62. The fraction of sp³-hybridized carbons (Fsp3) is 0.321. The molecule has 3 aromatic rings. The van der Waals surface area contributed by atoms with Crippen molar-refractivity contribution in [2.24, 2.45) is 5.10 Å². The number of nitrogens with one attached hydrogen (secondary N) is 2. The summed E-state index contributed by atoms with van der Waals surface area (Å²) in [5.74, 6) is 0.570. The normalized spacial score (nSPS) is 18.4. The Kier molecular flexibility index (Phi) is 6.26. The van der Waals surface area contributed by atoms with E-state index in [0.717, 1.165) is 41.0 Å². The smallest absolute Gasteiger partial charge is 0.300 e. The Morgan fingerprint density at radius 2 is 1.86 bits per heavy atom.